The van der Waals surface area contributed by atoms with Gasteiger partial charge in [0, 0.05) is 13.6 Å². The van der Waals surface area contributed by atoms with Gasteiger partial charge >= 0.3 is 0 Å². The first-order valence-corrected chi connectivity index (χ1v) is 9.64. The van der Waals surface area contributed by atoms with E-state index in [2.05, 4.69) is 5.32 Å². The number of hydrogen-bond acceptors (Lipinski definition) is 4. The highest BCUT2D eigenvalue weighted by molar-refractivity contribution is 7.92. The van der Waals surface area contributed by atoms with Crippen LogP contribution >= 0.6 is 0 Å². The van der Waals surface area contributed by atoms with Crippen LogP contribution < -0.4 is 14.4 Å². The van der Waals surface area contributed by atoms with Gasteiger partial charge in [-0.1, -0.05) is 30.3 Å². The summed E-state index contributed by atoms with van der Waals surface area (Å²) in [5, 5.41) is 2.82. The highest BCUT2D eigenvalue weighted by atomic mass is 32.2. The van der Waals surface area contributed by atoms with Gasteiger partial charge in [0.1, 0.15) is 5.75 Å². The fraction of sp³-hybridized carbons (Fsp3) is 0.278. The van der Waals surface area contributed by atoms with Crippen molar-refractivity contribution in [3.05, 3.63) is 60.2 Å². The van der Waals surface area contributed by atoms with E-state index in [0.717, 1.165) is 11.8 Å². The topological polar surface area (TPSA) is 75.7 Å². The van der Waals surface area contributed by atoms with Crippen LogP contribution in [0, 0.1) is 0 Å². The minimum absolute atomic E-state index is 0.221. The van der Waals surface area contributed by atoms with Crippen LogP contribution in [0.3, 0.4) is 0 Å². The lowest BCUT2D eigenvalue weighted by Crippen LogP contribution is -2.35. The van der Waals surface area contributed by atoms with E-state index in [1.165, 1.54) is 11.4 Å². The highest BCUT2D eigenvalue weighted by Gasteiger charge is 2.15. The molecule has 0 aliphatic heterocycles. The third kappa shape index (κ3) is 5.49. The van der Waals surface area contributed by atoms with Crippen LogP contribution in [0.4, 0.5) is 5.69 Å². The number of rotatable bonds is 7. The van der Waals surface area contributed by atoms with E-state index in [0.29, 0.717) is 18.0 Å². The zero-order chi connectivity index (χ0) is 18.4. The molecular weight excluding hydrogens is 340 g/mol. The molecule has 7 heteroatoms. The minimum Gasteiger partial charge on any atom is -0.481 e. The number of nitrogens with one attached hydrogen (secondary N) is 1. The van der Waals surface area contributed by atoms with Gasteiger partial charge in [-0.3, -0.25) is 9.10 Å². The standard InChI is InChI=1S/C18H22N2O4S/c1-14(18(21)19-13-15-7-5-4-6-8-15)24-17-11-9-16(10-12-17)20(2)25(3,22)23/h4-12,14H,13H2,1-3H3,(H,19,21)/t14-/m1/s1. The number of carbonyl (C=O) groups is 1. The summed E-state index contributed by atoms with van der Waals surface area (Å²) in [5.41, 5.74) is 1.53. The van der Waals surface area contributed by atoms with Gasteiger partial charge in [-0.2, -0.15) is 0 Å². The van der Waals surface area contributed by atoms with E-state index in [4.69, 9.17) is 4.74 Å². The Morgan fingerprint density at radius 2 is 1.72 bits per heavy atom. The molecule has 0 unspecified atom stereocenters. The molecule has 2 rings (SSSR count). The Balaban J connectivity index is 1.91. The first-order valence-electron chi connectivity index (χ1n) is 7.79. The predicted molar refractivity (Wildman–Crippen MR) is 98.1 cm³/mol. The lowest BCUT2D eigenvalue weighted by atomic mass is 10.2. The maximum absolute atomic E-state index is 12.1. The van der Waals surface area contributed by atoms with E-state index in [-0.39, 0.29) is 5.91 Å². The Kier molecular flexibility index (Phi) is 6.03. The molecule has 0 aromatic heterocycles. The molecule has 0 saturated carbocycles. The second kappa shape index (κ2) is 8.02. The van der Waals surface area contributed by atoms with Crippen LogP contribution in [0.5, 0.6) is 5.75 Å². The third-order valence-electron chi connectivity index (χ3n) is 3.69. The van der Waals surface area contributed by atoms with E-state index in [1.54, 1.807) is 31.2 Å². The molecule has 0 heterocycles. The molecule has 0 bridgehead atoms. The number of anilines is 1. The number of sulfonamides is 1. The molecule has 134 valence electrons. The van der Waals surface area contributed by atoms with Crippen LogP contribution in [0.15, 0.2) is 54.6 Å². The van der Waals surface area contributed by atoms with Crippen molar-refractivity contribution < 1.29 is 17.9 Å². The largest absolute Gasteiger partial charge is 0.481 e. The second-order valence-electron chi connectivity index (χ2n) is 5.69. The minimum atomic E-state index is -3.31. The van der Waals surface area contributed by atoms with Gasteiger partial charge in [0.15, 0.2) is 6.10 Å². The Labute approximate surface area is 148 Å². The van der Waals surface area contributed by atoms with Crippen molar-refractivity contribution >= 4 is 21.6 Å². The van der Waals surface area contributed by atoms with Crippen molar-refractivity contribution in [2.75, 3.05) is 17.6 Å². The molecule has 1 amide bonds. The smallest absolute Gasteiger partial charge is 0.261 e. The summed E-state index contributed by atoms with van der Waals surface area (Å²) in [7, 11) is -1.83. The number of hydrogen-bond donors (Lipinski definition) is 1. The summed E-state index contributed by atoms with van der Waals surface area (Å²) >= 11 is 0. The van der Waals surface area contributed by atoms with E-state index >= 15 is 0 Å². The predicted octanol–water partition coefficient (Wildman–Crippen LogP) is 2.17. The average Bonchev–Trinajstić information content (AvgIpc) is 2.59. The van der Waals surface area contributed by atoms with E-state index in [1.807, 2.05) is 30.3 Å². The first-order chi connectivity index (χ1) is 11.8. The molecular formula is C18H22N2O4S. The van der Waals surface area contributed by atoms with Crippen molar-refractivity contribution in [3.8, 4) is 5.75 Å². The maximum atomic E-state index is 12.1. The van der Waals surface area contributed by atoms with Gasteiger partial charge < -0.3 is 10.1 Å². The maximum Gasteiger partial charge on any atom is 0.261 e. The molecule has 0 fully saturated rings. The molecule has 6 nitrogen and oxygen atoms in total. The Morgan fingerprint density at radius 3 is 2.28 bits per heavy atom. The van der Waals surface area contributed by atoms with Crippen LogP contribution in [0.25, 0.3) is 0 Å². The molecule has 1 atom stereocenters. The molecule has 0 radical (unpaired) electrons. The van der Waals surface area contributed by atoms with Crippen molar-refractivity contribution in [1.82, 2.24) is 5.32 Å². The summed E-state index contributed by atoms with van der Waals surface area (Å²) < 4.78 is 29.8. The summed E-state index contributed by atoms with van der Waals surface area (Å²) in [6.45, 7) is 2.10. The monoisotopic (exact) mass is 362 g/mol. The summed E-state index contributed by atoms with van der Waals surface area (Å²) in [6, 6.07) is 16.1. The third-order valence-corrected chi connectivity index (χ3v) is 4.90. The SMILES string of the molecule is C[C@@H](Oc1ccc(N(C)S(C)(=O)=O)cc1)C(=O)NCc1ccccc1. The van der Waals surface area contributed by atoms with Crippen LogP contribution in [-0.2, 0) is 21.4 Å². The Morgan fingerprint density at radius 1 is 1.12 bits per heavy atom. The molecule has 0 saturated heterocycles. The molecule has 25 heavy (non-hydrogen) atoms. The fourth-order valence-electron chi connectivity index (χ4n) is 2.11. The second-order valence-corrected chi connectivity index (χ2v) is 7.70. The zero-order valence-corrected chi connectivity index (χ0v) is 15.3. The lowest BCUT2D eigenvalue weighted by Gasteiger charge is -2.18. The van der Waals surface area contributed by atoms with Crippen LogP contribution in [-0.4, -0.2) is 33.7 Å². The first kappa shape index (κ1) is 18.8. The van der Waals surface area contributed by atoms with Gasteiger partial charge in [-0.05, 0) is 36.8 Å². The number of amides is 1. The van der Waals surface area contributed by atoms with Crippen molar-refractivity contribution in [3.63, 3.8) is 0 Å². The average molecular weight is 362 g/mol. The van der Waals surface area contributed by atoms with Crippen LogP contribution in [0.1, 0.15) is 12.5 Å². The quantitative estimate of drug-likeness (QED) is 0.819. The number of benzene rings is 2. The molecule has 1 N–H and O–H groups in total. The Bertz CT molecular complexity index is 805. The van der Waals surface area contributed by atoms with Crippen molar-refractivity contribution in [2.45, 2.75) is 19.6 Å². The van der Waals surface area contributed by atoms with Gasteiger partial charge in [-0.15, -0.1) is 0 Å². The normalized spacial score (nSPS) is 12.3. The molecule has 0 aliphatic rings. The van der Waals surface area contributed by atoms with Gasteiger partial charge in [0.25, 0.3) is 5.91 Å². The fourth-order valence-corrected chi connectivity index (χ4v) is 2.62. The summed E-state index contributed by atoms with van der Waals surface area (Å²) in [6.07, 6.45) is 0.471. The van der Waals surface area contributed by atoms with Crippen LogP contribution in [0.2, 0.25) is 0 Å². The number of carbonyl (C=O) groups excluding carboxylic acids is 1. The highest BCUT2D eigenvalue weighted by Crippen LogP contribution is 2.21. The molecule has 0 spiro atoms. The summed E-state index contributed by atoms with van der Waals surface area (Å²) in [4.78, 5) is 12.1. The van der Waals surface area contributed by atoms with Crippen molar-refractivity contribution in [1.29, 1.82) is 0 Å². The number of nitrogens with zero attached hydrogens (tertiary/aromatic N) is 1. The zero-order valence-electron chi connectivity index (χ0n) is 14.5. The molecule has 0 aliphatic carbocycles. The van der Waals surface area contributed by atoms with Gasteiger partial charge in [-0.25, -0.2) is 8.42 Å². The van der Waals surface area contributed by atoms with Gasteiger partial charge in [0.05, 0.1) is 11.9 Å². The van der Waals surface area contributed by atoms with Crippen molar-refractivity contribution in [2.24, 2.45) is 0 Å². The number of ether oxygens (including phenoxy) is 1. The van der Waals surface area contributed by atoms with Gasteiger partial charge in [0.2, 0.25) is 10.0 Å². The lowest BCUT2D eigenvalue weighted by molar-refractivity contribution is -0.127. The molecule has 2 aromatic rings. The molecule has 2 aromatic carbocycles. The van der Waals surface area contributed by atoms with E-state index < -0.39 is 16.1 Å². The Hall–Kier alpha value is -2.54. The van der Waals surface area contributed by atoms with E-state index in [9.17, 15) is 13.2 Å². The summed E-state index contributed by atoms with van der Waals surface area (Å²) in [5.74, 6) is 0.272.